The zero-order valence-electron chi connectivity index (χ0n) is 12.2. The Morgan fingerprint density at radius 2 is 2.14 bits per heavy atom. The zero-order valence-corrected chi connectivity index (χ0v) is 12.2. The van der Waals surface area contributed by atoms with Gasteiger partial charge >= 0.3 is 0 Å². The van der Waals surface area contributed by atoms with Gasteiger partial charge in [-0.25, -0.2) is 9.67 Å². The van der Waals surface area contributed by atoms with Gasteiger partial charge < -0.3 is 15.0 Å². The van der Waals surface area contributed by atoms with Crippen LogP contribution >= 0.6 is 0 Å². The van der Waals surface area contributed by atoms with Crippen molar-refractivity contribution in [2.45, 2.75) is 20.1 Å². The number of anilines is 1. The topological polar surface area (TPSA) is 68.1 Å². The van der Waals surface area contributed by atoms with Crippen molar-refractivity contribution in [2.75, 3.05) is 31.1 Å². The molecule has 2 aromatic heterocycles. The Labute approximate surface area is 124 Å². The van der Waals surface area contributed by atoms with Gasteiger partial charge in [0.05, 0.1) is 18.1 Å². The van der Waals surface area contributed by atoms with Gasteiger partial charge in [-0.2, -0.15) is 5.10 Å². The molecule has 0 radical (unpaired) electrons. The summed E-state index contributed by atoms with van der Waals surface area (Å²) in [6.07, 6.45) is 5.17. The number of ether oxygens (including phenoxy) is 1. The molecule has 2 aromatic rings. The van der Waals surface area contributed by atoms with Crippen LogP contribution in [0.5, 0.6) is 5.75 Å². The number of piperazine rings is 1. The number of hydrogen-bond donors (Lipinski definition) is 1. The SMILES string of the molecule is CCn1ncnc1COc1cncc(N2CCNCC2)c1. The van der Waals surface area contributed by atoms with Crippen LogP contribution in [-0.4, -0.2) is 45.9 Å². The molecule has 7 nitrogen and oxygen atoms in total. The van der Waals surface area contributed by atoms with E-state index in [1.807, 2.05) is 23.9 Å². The van der Waals surface area contributed by atoms with Gasteiger partial charge in [0, 0.05) is 38.8 Å². The van der Waals surface area contributed by atoms with E-state index in [0.29, 0.717) is 6.61 Å². The van der Waals surface area contributed by atoms with Crippen molar-refractivity contribution in [3.8, 4) is 5.75 Å². The lowest BCUT2D eigenvalue weighted by molar-refractivity contribution is 0.286. The summed E-state index contributed by atoms with van der Waals surface area (Å²) < 4.78 is 7.62. The summed E-state index contributed by atoms with van der Waals surface area (Å²) in [4.78, 5) is 10.8. The minimum absolute atomic E-state index is 0.403. The Bertz CT molecular complexity index is 578. The monoisotopic (exact) mass is 288 g/mol. The van der Waals surface area contributed by atoms with Gasteiger partial charge in [0.1, 0.15) is 18.7 Å². The summed E-state index contributed by atoms with van der Waals surface area (Å²) in [5.41, 5.74) is 1.10. The van der Waals surface area contributed by atoms with Gasteiger partial charge in [-0.05, 0) is 6.92 Å². The molecule has 0 saturated carbocycles. The van der Waals surface area contributed by atoms with Crippen LogP contribution in [-0.2, 0) is 13.2 Å². The average Bonchev–Trinajstić information content (AvgIpc) is 3.01. The Balaban J connectivity index is 1.65. The maximum atomic E-state index is 5.80. The molecule has 1 N–H and O–H groups in total. The highest BCUT2D eigenvalue weighted by molar-refractivity contribution is 5.48. The molecule has 1 fully saturated rings. The molecule has 1 aliphatic rings. The maximum absolute atomic E-state index is 5.80. The third kappa shape index (κ3) is 3.30. The molecule has 0 aliphatic carbocycles. The Kier molecular flexibility index (Phi) is 4.30. The van der Waals surface area contributed by atoms with Crippen LogP contribution in [0.1, 0.15) is 12.7 Å². The minimum Gasteiger partial charge on any atom is -0.484 e. The normalized spacial score (nSPS) is 15.2. The van der Waals surface area contributed by atoms with Crippen molar-refractivity contribution in [1.29, 1.82) is 0 Å². The Morgan fingerprint density at radius 3 is 2.95 bits per heavy atom. The van der Waals surface area contributed by atoms with E-state index < -0.39 is 0 Å². The molecule has 3 rings (SSSR count). The van der Waals surface area contributed by atoms with Crippen molar-refractivity contribution in [1.82, 2.24) is 25.1 Å². The van der Waals surface area contributed by atoms with E-state index in [9.17, 15) is 0 Å². The highest BCUT2D eigenvalue weighted by Gasteiger charge is 2.12. The van der Waals surface area contributed by atoms with Gasteiger partial charge in [0.25, 0.3) is 0 Å². The number of rotatable bonds is 5. The maximum Gasteiger partial charge on any atom is 0.164 e. The molecule has 1 saturated heterocycles. The molecule has 7 heteroatoms. The van der Waals surface area contributed by atoms with Crippen LogP contribution in [0.4, 0.5) is 5.69 Å². The van der Waals surface area contributed by atoms with E-state index in [0.717, 1.165) is 50.0 Å². The van der Waals surface area contributed by atoms with E-state index in [1.54, 1.807) is 12.5 Å². The number of hydrogen-bond acceptors (Lipinski definition) is 6. The van der Waals surface area contributed by atoms with E-state index >= 15 is 0 Å². The average molecular weight is 288 g/mol. The molecule has 112 valence electrons. The smallest absolute Gasteiger partial charge is 0.164 e. The van der Waals surface area contributed by atoms with Crippen molar-refractivity contribution in [3.05, 3.63) is 30.6 Å². The number of nitrogens with one attached hydrogen (secondary N) is 1. The molecule has 21 heavy (non-hydrogen) atoms. The molecule has 3 heterocycles. The first-order valence-electron chi connectivity index (χ1n) is 7.27. The van der Waals surface area contributed by atoms with E-state index in [-0.39, 0.29) is 0 Å². The molecular formula is C14H20N6O. The molecule has 1 aliphatic heterocycles. The van der Waals surface area contributed by atoms with Crippen molar-refractivity contribution in [3.63, 3.8) is 0 Å². The van der Waals surface area contributed by atoms with Gasteiger partial charge in [-0.1, -0.05) is 0 Å². The van der Waals surface area contributed by atoms with Crippen LogP contribution < -0.4 is 15.0 Å². The molecule has 0 atom stereocenters. The van der Waals surface area contributed by atoms with Crippen LogP contribution in [0, 0.1) is 0 Å². The van der Waals surface area contributed by atoms with Crippen LogP contribution in [0.15, 0.2) is 24.8 Å². The van der Waals surface area contributed by atoms with Crippen LogP contribution in [0.2, 0.25) is 0 Å². The molecule has 0 aromatic carbocycles. The van der Waals surface area contributed by atoms with Crippen LogP contribution in [0.3, 0.4) is 0 Å². The summed E-state index contributed by atoms with van der Waals surface area (Å²) in [5.74, 6) is 1.58. The summed E-state index contributed by atoms with van der Waals surface area (Å²) in [7, 11) is 0. The fourth-order valence-corrected chi connectivity index (χ4v) is 2.39. The summed E-state index contributed by atoms with van der Waals surface area (Å²) in [5, 5.41) is 7.48. The Morgan fingerprint density at radius 1 is 1.29 bits per heavy atom. The standard InChI is InChI=1S/C14H20N6O/c1-2-20-14(17-11-18-20)10-21-13-7-12(8-16-9-13)19-5-3-15-4-6-19/h7-9,11,15H,2-6,10H2,1H3. The lowest BCUT2D eigenvalue weighted by atomic mass is 10.3. The first-order chi connectivity index (χ1) is 10.4. The second kappa shape index (κ2) is 6.53. The quantitative estimate of drug-likeness (QED) is 0.873. The molecular weight excluding hydrogens is 268 g/mol. The third-order valence-electron chi connectivity index (χ3n) is 3.54. The first kappa shape index (κ1) is 13.8. The number of aryl methyl sites for hydroxylation is 1. The van der Waals surface area contributed by atoms with Crippen LogP contribution in [0.25, 0.3) is 0 Å². The number of pyridine rings is 1. The molecule has 0 unspecified atom stereocenters. The summed E-state index contributed by atoms with van der Waals surface area (Å²) in [6.45, 7) is 7.23. The molecule has 0 bridgehead atoms. The Hall–Kier alpha value is -2.15. The second-order valence-corrected chi connectivity index (χ2v) is 4.90. The minimum atomic E-state index is 0.403. The van der Waals surface area contributed by atoms with Crippen molar-refractivity contribution < 1.29 is 4.74 Å². The van der Waals surface area contributed by atoms with Crippen molar-refractivity contribution in [2.24, 2.45) is 0 Å². The molecule has 0 spiro atoms. The van der Waals surface area contributed by atoms with Gasteiger partial charge in [0.15, 0.2) is 5.82 Å². The predicted octanol–water partition coefficient (Wildman–Crippen LogP) is 0.682. The van der Waals surface area contributed by atoms with Gasteiger partial charge in [-0.15, -0.1) is 0 Å². The lowest BCUT2D eigenvalue weighted by Gasteiger charge is -2.29. The fraction of sp³-hybridized carbons (Fsp3) is 0.500. The van der Waals surface area contributed by atoms with E-state index in [4.69, 9.17) is 4.74 Å². The zero-order chi connectivity index (χ0) is 14.5. The predicted molar refractivity (Wildman–Crippen MR) is 79.3 cm³/mol. The molecule has 0 amide bonds. The summed E-state index contributed by atoms with van der Waals surface area (Å²) >= 11 is 0. The lowest BCUT2D eigenvalue weighted by Crippen LogP contribution is -2.43. The highest BCUT2D eigenvalue weighted by Crippen LogP contribution is 2.20. The second-order valence-electron chi connectivity index (χ2n) is 4.90. The fourth-order valence-electron chi connectivity index (χ4n) is 2.39. The van der Waals surface area contributed by atoms with Gasteiger partial charge in [0.2, 0.25) is 0 Å². The number of aromatic nitrogens is 4. The first-order valence-corrected chi connectivity index (χ1v) is 7.27. The number of nitrogens with zero attached hydrogens (tertiary/aromatic N) is 5. The summed E-state index contributed by atoms with van der Waals surface area (Å²) in [6, 6.07) is 2.03. The largest absolute Gasteiger partial charge is 0.484 e. The van der Waals surface area contributed by atoms with E-state index in [2.05, 4.69) is 25.3 Å². The van der Waals surface area contributed by atoms with Gasteiger partial charge in [-0.3, -0.25) is 4.98 Å². The van der Waals surface area contributed by atoms with E-state index in [1.165, 1.54) is 0 Å². The van der Waals surface area contributed by atoms with Crippen molar-refractivity contribution >= 4 is 5.69 Å². The third-order valence-corrected chi connectivity index (χ3v) is 3.54. The highest BCUT2D eigenvalue weighted by atomic mass is 16.5.